The molecule has 1 heterocycles. The van der Waals surface area contributed by atoms with E-state index in [0.29, 0.717) is 6.54 Å². The summed E-state index contributed by atoms with van der Waals surface area (Å²) in [6, 6.07) is 6.30. The number of carboxylic acids is 1. The van der Waals surface area contributed by atoms with E-state index >= 15 is 0 Å². The Hall–Kier alpha value is -1.44. The van der Waals surface area contributed by atoms with Crippen molar-refractivity contribution >= 4 is 16.2 Å². The van der Waals surface area contributed by atoms with Gasteiger partial charge in [0.2, 0.25) is 0 Å². The molecule has 0 radical (unpaired) electrons. The van der Waals surface area contributed by atoms with E-state index < -0.39 is 16.2 Å². The maximum absolute atomic E-state index is 12.6. The van der Waals surface area contributed by atoms with E-state index in [2.05, 4.69) is 0 Å². The van der Waals surface area contributed by atoms with Crippen LogP contribution in [0.1, 0.15) is 42.1 Å². The van der Waals surface area contributed by atoms with E-state index in [1.54, 1.807) is 23.5 Å². The van der Waals surface area contributed by atoms with Crippen LogP contribution < -0.4 is 0 Å². The van der Waals surface area contributed by atoms with Gasteiger partial charge in [-0.2, -0.15) is 17.0 Å². The fraction of sp³-hybridized carbons (Fsp3) is 0.533. The molecule has 1 N–H and O–H groups in total. The minimum atomic E-state index is -3.49. The zero-order valence-electron chi connectivity index (χ0n) is 12.9. The summed E-state index contributed by atoms with van der Waals surface area (Å²) in [5.74, 6) is -0.991. The second-order valence-electron chi connectivity index (χ2n) is 5.72. The minimum absolute atomic E-state index is 0.0237. The first-order valence-electron chi connectivity index (χ1n) is 7.37. The van der Waals surface area contributed by atoms with Gasteiger partial charge in [-0.25, -0.2) is 4.79 Å². The standard InChI is InChI=1S/C15H22N2O4S/c1-12-5-3-4-10-17(12)22(20,21)16(2)11-13-6-8-14(9-7-13)15(18)19/h6-9,12H,3-5,10-11H2,1-2H3,(H,18,19). The number of aromatic carboxylic acids is 1. The van der Waals surface area contributed by atoms with Gasteiger partial charge in [0.15, 0.2) is 0 Å². The molecule has 1 atom stereocenters. The summed E-state index contributed by atoms with van der Waals surface area (Å²) in [5.41, 5.74) is 0.958. The highest BCUT2D eigenvalue weighted by atomic mass is 32.2. The van der Waals surface area contributed by atoms with E-state index in [1.165, 1.54) is 16.4 Å². The second-order valence-corrected chi connectivity index (χ2v) is 7.71. The zero-order chi connectivity index (χ0) is 16.3. The van der Waals surface area contributed by atoms with Crippen LogP contribution in [0.5, 0.6) is 0 Å². The third kappa shape index (κ3) is 3.66. The van der Waals surface area contributed by atoms with Gasteiger partial charge in [0.05, 0.1) is 5.56 Å². The van der Waals surface area contributed by atoms with Gasteiger partial charge in [-0.3, -0.25) is 0 Å². The third-order valence-electron chi connectivity index (χ3n) is 4.04. The fourth-order valence-electron chi connectivity index (χ4n) is 2.68. The average Bonchev–Trinajstić information content (AvgIpc) is 2.48. The minimum Gasteiger partial charge on any atom is -0.478 e. The van der Waals surface area contributed by atoms with Gasteiger partial charge in [0, 0.05) is 26.2 Å². The maximum Gasteiger partial charge on any atom is 0.335 e. The van der Waals surface area contributed by atoms with Crippen molar-refractivity contribution in [1.29, 1.82) is 0 Å². The lowest BCUT2D eigenvalue weighted by Crippen LogP contribution is -2.48. The molecule has 0 amide bonds. The van der Waals surface area contributed by atoms with E-state index in [9.17, 15) is 13.2 Å². The fourth-order valence-corrected chi connectivity index (χ4v) is 4.28. The van der Waals surface area contributed by atoms with Crippen LogP contribution in [0.2, 0.25) is 0 Å². The van der Waals surface area contributed by atoms with Crippen LogP contribution in [0.25, 0.3) is 0 Å². The van der Waals surface area contributed by atoms with Crippen LogP contribution in [0.3, 0.4) is 0 Å². The normalized spacial score (nSPS) is 20.2. The maximum atomic E-state index is 12.6. The number of carbonyl (C=O) groups is 1. The molecule has 7 heteroatoms. The number of hydrogen-bond donors (Lipinski definition) is 1. The molecule has 1 unspecified atom stereocenters. The lowest BCUT2D eigenvalue weighted by molar-refractivity contribution is 0.0697. The van der Waals surface area contributed by atoms with Crippen LogP contribution in [-0.2, 0) is 16.8 Å². The summed E-state index contributed by atoms with van der Waals surface area (Å²) in [6.45, 7) is 2.73. The summed E-state index contributed by atoms with van der Waals surface area (Å²) in [7, 11) is -1.93. The summed E-state index contributed by atoms with van der Waals surface area (Å²) >= 11 is 0. The van der Waals surface area contributed by atoms with Gasteiger partial charge in [0.1, 0.15) is 0 Å². The van der Waals surface area contributed by atoms with Crippen molar-refractivity contribution in [3.63, 3.8) is 0 Å². The molecule has 2 rings (SSSR count). The van der Waals surface area contributed by atoms with Crippen molar-refractivity contribution in [2.45, 2.75) is 38.8 Å². The average molecular weight is 326 g/mol. The molecule has 0 spiro atoms. The van der Waals surface area contributed by atoms with Crippen molar-refractivity contribution in [3.05, 3.63) is 35.4 Å². The van der Waals surface area contributed by atoms with E-state index in [-0.39, 0.29) is 18.2 Å². The first-order chi connectivity index (χ1) is 10.3. The number of hydrogen-bond acceptors (Lipinski definition) is 3. The SMILES string of the molecule is CC1CCCCN1S(=O)(=O)N(C)Cc1ccc(C(=O)O)cc1. The molecular formula is C15H22N2O4S. The number of piperidine rings is 1. The molecule has 0 bridgehead atoms. The molecule has 1 aliphatic rings. The van der Waals surface area contributed by atoms with Crippen molar-refractivity contribution in [1.82, 2.24) is 8.61 Å². The smallest absolute Gasteiger partial charge is 0.335 e. The topological polar surface area (TPSA) is 77.9 Å². The quantitative estimate of drug-likeness (QED) is 0.897. The molecule has 122 valence electrons. The Morgan fingerprint density at radius 2 is 1.95 bits per heavy atom. The highest BCUT2D eigenvalue weighted by Gasteiger charge is 2.32. The molecular weight excluding hydrogens is 304 g/mol. The van der Waals surface area contributed by atoms with Gasteiger partial charge in [-0.1, -0.05) is 18.6 Å². The third-order valence-corrected chi connectivity index (χ3v) is 6.09. The Bertz CT molecular complexity index is 627. The highest BCUT2D eigenvalue weighted by molar-refractivity contribution is 7.86. The van der Waals surface area contributed by atoms with Gasteiger partial charge in [-0.05, 0) is 37.5 Å². The Morgan fingerprint density at radius 3 is 2.50 bits per heavy atom. The largest absolute Gasteiger partial charge is 0.478 e. The highest BCUT2D eigenvalue weighted by Crippen LogP contribution is 2.22. The predicted octanol–water partition coefficient (Wildman–Crippen LogP) is 1.94. The molecule has 0 saturated carbocycles. The molecule has 1 aromatic carbocycles. The van der Waals surface area contributed by atoms with Crippen LogP contribution in [0.15, 0.2) is 24.3 Å². The summed E-state index contributed by atoms with van der Waals surface area (Å²) < 4.78 is 28.1. The summed E-state index contributed by atoms with van der Waals surface area (Å²) in [6.07, 6.45) is 2.85. The van der Waals surface area contributed by atoms with Crippen molar-refractivity contribution in [3.8, 4) is 0 Å². The Kier molecular flexibility index (Phi) is 5.20. The van der Waals surface area contributed by atoms with E-state index in [0.717, 1.165) is 24.8 Å². The lowest BCUT2D eigenvalue weighted by Gasteiger charge is -2.35. The molecule has 1 aromatic rings. The number of benzene rings is 1. The molecule has 0 aliphatic carbocycles. The molecule has 6 nitrogen and oxygen atoms in total. The van der Waals surface area contributed by atoms with E-state index in [4.69, 9.17) is 5.11 Å². The van der Waals surface area contributed by atoms with Crippen LogP contribution in [0.4, 0.5) is 0 Å². The van der Waals surface area contributed by atoms with Gasteiger partial charge in [-0.15, -0.1) is 0 Å². The summed E-state index contributed by atoms with van der Waals surface area (Å²) in [4.78, 5) is 10.8. The molecule has 1 fully saturated rings. The van der Waals surface area contributed by atoms with Crippen LogP contribution >= 0.6 is 0 Å². The van der Waals surface area contributed by atoms with E-state index in [1.807, 2.05) is 6.92 Å². The first-order valence-corrected chi connectivity index (χ1v) is 8.77. The Morgan fingerprint density at radius 1 is 1.32 bits per heavy atom. The van der Waals surface area contributed by atoms with Crippen molar-refractivity contribution < 1.29 is 18.3 Å². The molecule has 0 aromatic heterocycles. The number of carboxylic acid groups (broad SMARTS) is 1. The summed E-state index contributed by atoms with van der Waals surface area (Å²) in [5, 5.41) is 8.87. The molecule has 22 heavy (non-hydrogen) atoms. The predicted molar refractivity (Wildman–Crippen MR) is 83.8 cm³/mol. The van der Waals surface area contributed by atoms with Gasteiger partial charge >= 0.3 is 5.97 Å². The van der Waals surface area contributed by atoms with Gasteiger partial charge < -0.3 is 5.11 Å². The number of rotatable bonds is 5. The monoisotopic (exact) mass is 326 g/mol. The molecule has 1 saturated heterocycles. The molecule has 1 aliphatic heterocycles. The van der Waals surface area contributed by atoms with Crippen molar-refractivity contribution in [2.24, 2.45) is 0 Å². The Balaban J connectivity index is 2.10. The first kappa shape index (κ1) is 16.9. The second kappa shape index (κ2) is 6.76. The van der Waals surface area contributed by atoms with Crippen LogP contribution in [-0.4, -0.2) is 47.7 Å². The Labute approximate surface area is 131 Å². The lowest BCUT2D eigenvalue weighted by atomic mass is 10.1. The zero-order valence-corrected chi connectivity index (χ0v) is 13.7. The number of nitrogens with zero attached hydrogens (tertiary/aromatic N) is 2. The van der Waals surface area contributed by atoms with Crippen molar-refractivity contribution in [2.75, 3.05) is 13.6 Å². The van der Waals surface area contributed by atoms with Crippen LogP contribution in [0, 0.1) is 0 Å². The van der Waals surface area contributed by atoms with Gasteiger partial charge in [0.25, 0.3) is 10.2 Å².